The number of aliphatic hydroxyl groups is 1. The van der Waals surface area contributed by atoms with Gasteiger partial charge in [0.1, 0.15) is 0 Å². The molecule has 1 atom stereocenters. The van der Waals surface area contributed by atoms with E-state index in [1.807, 2.05) is 0 Å². The summed E-state index contributed by atoms with van der Waals surface area (Å²) in [6, 6.07) is 0. The van der Waals surface area contributed by atoms with Gasteiger partial charge in [0.25, 0.3) is 0 Å². The fourth-order valence-electron chi connectivity index (χ4n) is 0.641. The Kier molecular flexibility index (Phi) is 4.56. The van der Waals surface area contributed by atoms with Gasteiger partial charge in [0.15, 0.2) is 0 Å². The molecule has 0 aromatic carbocycles. The third-order valence-corrected chi connectivity index (χ3v) is 2.07. The summed E-state index contributed by atoms with van der Waals surface area (Å²) in [7, 11) is -5.10. The SMILES string of the molecule is CC(=O)N(O)CC(O)COP(C)(O)(O)O. The van der Waals surface area contributed by atoms with Crippen LogP contribution in [-0.4, -0.2) is 61.9 Å². The topological polar surface area (TPSA) is 131 Å². The summed E-state index contributed by atoms with van der Waals surface area (Å²) < 4.78 is 4.26. The number of hydroxylamine groups is 2. The van der Waals surface area contributed by atoms with Crippen LogP contribution in [0, 0.1) is 0 Å². The van der Waals surface area contributed by atoms with Crippen LogP contribution < -0.4 is 0 Å². The van der Waals surface area contributed by atoms with Crippen LogP contribution in [0.4, 0.5) is 0 Å². The molecule has 0 aromatic heterocycles. The standard InChI is InChI=1S/C6H16NO7P/c1-5(8)7(10)3-6(9)4-14-15(2,11,12)13/h6,9-13H,3-4H2,1-2H3. The summed E-state index contributed by atoms with van der Waals surface area (Å²) in [5.74, 6) is -0.681. The van der Waals surface area contributed by atoms with Crippen molar-refractivity contribution in [2.45, 2.75) is 13.0 Å². The van der Waals surface area contributed by atoms with Crippen LogP contribution in [0.15, 0.2) is 0 Å². The minimum absolute atomic E-state index is 0.241. The zero-order chi connectivity index (χ0) is 12.3. The molecule has 0 aliphatic heterocycles. The number of nitrogens with zero attached hydrogens (tertiary/aromatic N) is 1. The molecule has 1 amide bonds. The summed E-state index contributed by atoms with van der Waals surface area (Å²) in [5, 5.41) is 18.3. The molecular weight excluding hydrogens is 229 g/mol. The Labute approximate surface area is 86.5 Å². The van der Waals surface area contributed by atoms with Crippen molar-refractivity contribution in [1.29, 1.82) is 0 Å². The first-order chi connectivity index (χ1) is 6.47. The third-order valence-electron chi connectivity index (χ3n) is 1.32. The number of hydrogen-bond acceptors (Lipinski definition) is 7. The first-order valence-corrected chi connectivity index (χ1v) is 6.50. The second-order valence-corrected chi connectivity index (χ2v) is 6.20. The molecule has 15 heavy (non-hydrogen) atoms. The summed E-state index contributed by atoms with van der Waals surface area (Å²) >= 11 is 0. The molecule has 92 valence electrons. The molecule has 8 nitrogen and oxygen atoms in total. The zero-order valence-corrected chi connectivity index (χ0v) is 9.33. The zero-order valence-electron chi connectivity index (χ0n) is 8.44. The van der Waals surface area contributed by atoms with Crippen molar-refractivity contribution in [2.24, 2.45) is 0 Å². The predicted octanol–water partition coefficient (Wildman–Crippen LogP) is -1.58. The Morgan fingerprint density at radius 1 is 1.47 bits per heavy atom. The van der Waals surface area contributed by atoms with Gasteiger partial charge in [0, 0.05) is 0 Å². The van der Waals surface area contributed by atoms with E-state index in [9.17, 15) is 4.79 Å². The number of carbonyl (C=O) groups is 1. The molecule has 5 N–H and O–H groups in total. The van der Waals surface area contributed by atoms with Crippen molar-refractivity contribution in [1.82, 2.24) is 5.06 Å². The van der Waals surface area contributed by atoms with Crippen molar-refractivity contribution in [3.8, 4) is 0 Å². The maximum atomic E-state index is 10.5. The van der Waals surface area contributed by atoms with Gasteiger partial charge in [-0.3, -0.25) is 0 Å². The van der Waals surface area contributed by atoms with E-state index in [2.05, 4.69) is 4.52 Å². The van der Waals surface area contributed by atoms with Crippen molar-refractivity contribution < 1.29 is 34.3 Å². The Morgan fingerprint density at radius 3 is 2.27 bits per heavy atom. The van der Waals surface area contributed by atoms with Crippen molar-refractivity contribution in [3.05, 3.63) is 0 Å². The van der Waals surface area contributed by atoms with Gasteiger partial charge in [-0.1, -0.05) is 0 Å². The van der Waals surface area contributed by atoms with E-state index in [0.29, 0.717) is 6.66 Å². The van der Waals surface area contributed by atoms with Gasteiger partial charge in [0.2, 0.25) is 0 Å². The third kappa shape index (κ3) is 8.64. The van der Waals surface area contributed by atoms with Crippen LogP contribution in [-0.2, 0) is 9.32 Å². The Hall–Kier alpha value is -0.340. The van der Waals surface area contributed by atoms with Crippen molar-refractivity contribution in [3.63, 3.8) is 0 Å². The van der Waals surface area contributed by atoms with E-state index in [1.54, 1.807) is 0 Å². The molecule has 1 unspecified atom stereocenters. The molecule has 0 radical (unpaired) electrons. The normalized spacial score (nSPS) is 16.6. The van der Waals surface area contributed by atoms with Crippen molar-refractivity contribution in [2.75, 3.05) is 19.8 Å². The average molecular weight is 245 g/mol. The molecule has 0 bridgehead atoms. The fraction of sp³-hybridized carbons (Fsp3) is 0.833. The van der Waals surface area contributed by atoms with E-state index in [-0.39, 0.29) is 5.06 Å². The minimum atomic E-state index is -5.10. The summed E-state index contributed by atoms with van der Waals surface area (Å²) in [6.07, 6.45) is -1.34. The van der Waals surface area contributed by atoms with E-state index < -0.39 is 32.7 Å². The molecule has 0 spiro atoms. The second kappa shape index (κ2) is 4.67. The van der Waals surface area contributed by atoms with Crippen LogP contribution in [0.25, 0.3) is 0 Å². The first-order valence-electron chi connectivity index (χ1n) is 4.04. The monoisotopic (exact) mass is 245 g/mol. The molecular formula is C6H16NO7P. The summed E-state index contributed by atoms with van der Waals surface area (Å²) in [6.45, 7) is 0.682. The molecule has 9 heteroatoms. The predicted molar refractivity (Wildman–Crippen MR) is 50.6 cm³/mol. The maximum absolute atomic E-state index is 10.5. The van der Waals surface area contributed by atoms with Crippen LogP contribution in [0.1, 0.15) is 6.92 Å². The van der Waals surface area contributed by atoms with E-state index in [1.165, 1.54) is 0 Å². The number of hydrogen-bond donors (Lipinski definition) is 5. The van der Waals surface area contributed by atoms with E-state index >= 15 is 0 Å². The van der Waals surface area contributed by atoms with Gasteiger partial charge in [-0.15, -0.1) is 0 Å². The average Bonchev–Trinajstić information content (AvgIpc) is 1.98. The molecule has 0 aromatic rings. The summed E-state index contributed by atoms with van der Waals surface area (Å²) in [5.41, 5.74) is 0. The van der Waals surface area contributed by atoms with E-state index in [0.717, 1.165) is 6.92 Å². The van der Waals surface area contributed by atoms with Gasteiger partial charge in [-0.2, -0.15) is 0 Å². The Balaban J connectivity index is 3.96. The quantitative estimate of drug-likeness (QED) is 0.224. The van der Waals surface area contributed by atoms with Crippen LogP contribution in [0.5, 0.6) is 0 Å². The van der Waals surface area contributed by atoms with Crippen molar-refractivity contribution >= 4 is 13.4 Å². The summed E-state index contributed by atoms with van der Waals surface area (Å²) in [4.78, 5) is 37.0. The molecule has 0 aliphatic rings. The van der Waals surface area contributed by atoms with Crippen LogP contribution in [0.2, 0.25) is 0 Å². The van der Waals surface area contributed by atoms with Gasteiger partial charge in [-0.25, -0.2) is 0 Å². The van der Waals surface area contributed by atoms with Gasteiger partial charge < -0.3 is 0 Å². The number of aliphatic hydroxyl groups excluding tert-OH is 1. The van der Waals surface area contributed by atoms with Gasteiger partial charge in [-0.05, 0) is 0 Å². The molecule has 0 aliphatic carbocycles. The molecule has 0 rings (SSSR count). The molecule has 0 heterocycles. The Morgan fingerprint density at radius 2 is 1.93 bits per heavy atom. The fourth-order valence-corrected chi connectivity index (χ4v) is 1.16. The van der Waals surface area contributed by atoms with E-state index in [4.69, 9.17) is 25.0 Å². The first kappa shape index (κ1) is 14.7. The number of amides is 1. The molecule has 0 saturated carbocycles. The molecule has 0 saturated heterocycles. The van der Waals surface area contributed by atoms with Crippen LogP contribution in [0.3, 0.4) is 0 Å². The number of carbonyl (C=O) groups excluding carboxylic acids is 1. The van der Waals surface area contributed by atoms with Crippen LogP contribution >= 0.6 is 7.51 Å². The Bertz CT molecular complexity index is 228. The molecule has 0 fully saturated rings. The second-order valence-electron chi connectivity index (χ2n) is 3.35. The van der Waals surface area contributed by atoms with Gasteiger partial charge in [0.05, 0.1) is 0 Å². The number of rotatable bonds is 5. The van der Waals surface area contributed by atoms with Gasteiger partial charge >= 0.3 is 85.6 Å².